The first-order valence-corrected chi connectivity index (χ1v) is 8.89. The van der Waals surface area contributed by atoms with Gasteiger partial charge < -0.3 is 5.73 Å². The summed E-state index contributed by atoms with van der Waals surface area (Å²) >= 11 is 5.74. The highest BCUT2D eigenvalue weighted by atomic mass is 35.5. The molecule has 0 unspecified atom stereocenters. The number of carbonyl (C=O) groups excluding carboxylic acids is 1. The van der Waals surface area contributed by atoms with E-state index < -0.39 is 44.3 Å². The van der Waals surface area contributed by atoms with E-state index in [9.17, 15) is 39.6 Å². The minimum atomic E-state index is -5.21. The Balaban J connectivity index is 2.53. The van der Waals surface area contributed by atoms with Crippen molar-refractivity contribution in [3.8, 4) is 0 Å². The predicted molar refractivity (Wildman–Crippen MR) is 87.2 cm³/mol. The summed E-state index contributed by atoms with van der Waals surface area (Å²) in [6.45, 7) is 0. The maximum atomic E-state index is 12.9. The number of rotatable bonds is 4. The van der Waals surface area contributed by atoms with Crippen LogP contribution in [0.5, 0.6) is 0 Å². The van der Waals surface area contributed by atoms with Gasteiger partial charge in [0, 0.05) is 0 Å². The van der Waals surface area contributed by atoms with Crippen LogP contribution >= 0.6 is 11.6 Å². The third kappa shape index (κ3) is 4.87. The lowest BCUT2D eigenvalue weighted by Crippen LogP contribution is -2.18. The van der Waals surface area contributed by atoms with E-state index in [0.29, 0.717) is 0 Å². The molecule has 0 fully saturated rings. The van der Waals surface area contributed by atoms with Gasteiger partial charge in [-0.2, -0.15) is 26.3 Å². The molecule has 13 heteroatoms. The second-order valence-corrected chi connectivity index (χ2v) is 7.50. The average Bonchev–Trinajstić information content (AvgIpc) is 2.52. The minimum absolute atomic E-state index is 0.0664. The Labute approximate surface area is 159 Å². The SMILES string of the molecule is NC(=O)c1ccc(NS(=O)(=O)c2cc(C(F)(F)F)cc(C(F)(F)F)c2)cc1Cl. The molecular weight excluding hydrogens is 438 g/mol. The summed E-state index contributed by atoms with van der Waals surface area (Å²) in [5, 5.41) is -0.271. The van der Waals surface area contributed by atoms with Crippen molar-refractivity contribution in [1.82, 2.24) is 0 Å². The Morgan fingerprint density at radius 3 is 1.82 bits per heavy atom. The number of halogens is 7. The van der Waals surface area contributed by atoms with E-state index in [1.807, 2.05) is 0 Å². The van der Waals surface area contributed by atoms with Crippen LogP contribution in [0.25, 0.3) is 0 Å². The van der Waals surface area contributed by atoms with Crippen molar-refractivity contribution in [2.24, 2.45) is 5.73 Å². The zero-order valence-electron chi connectivity index (χ0n) is 13.3. The third-order valence-electron chi connectivity index (χ3n) is 3.36. The van der Waals surface area contributed by atoms with Gasteiger partial charge in [-0.3, -0.25) is 9.52 Å². The number of anilines is 1. The normalized spacial score (nSPS) is 12.7. The fourth-order valence-corrected chi connectivity index (χ4v) is 3.47. The molecular formula is C15H9ClF6N2O3S. The van der Waals surface area contributed by atoms with Crippen molar-refractivity contribution in [2.75, 3.05) is 4.72 Å². The van der Waals surface area contributed by atoms with E-state index in [2.05, 4.69) is 0 Å². The van der Waals surface area contributed by atoms with Crippen molar-refractivity contribution in [2.45, 2.75) is 17.2 Å². The number of primary amides is 1. The van der Waals surface area contributed by atoms with Gasteiger partial charge in [0.25, 0.3) is 10.0 Å². The van der Waals surface area contributed by atoms with Crippen molar-refractivity contribution in [1.29, 1.82) is 0 Å². The lowest BCUT2D eigenvalue weighted by molar-refractivity contribution is -0.143. The molecule has 2 aromatic carbocycles. The second kappa shape index (κ2) is 7.17. The van der Waals surface area contributed by atoms with Gasteiger partial charge in [-0.05, 0) is 36.4 Å². The van der Waals surface area contributed by atoms with Crippen LogP contribution in [0.3, 0.4) is 0 Å². The Morgan fingerprint density at radius 2 is 1.43 bits per heavy atom. The first kappa shape index (κ1) is 21.8. The first-order valence-electron chi connectivity index (χ1n) is 7.03. The molecule has 0 bridgehead atoms. The van der Waals surface area contributed by atoms with Gasteiger partial charge in [0.05, 0.1) is 32.3 Å². The zero-order chi connectivity index (χ0) is 21.5. The molecule has 0 radical (unpaired) electrons. The van der Waals surface area contributed by atoms with Crippen molar-refractivity contribution >= 4 is 33.2 Å². The summed E-state index contributed by atoms with van der Waals surface area (Å²) < 4.78 is 104. The molecule has 0 heterocycles. The highest BCUT2D eigenvalue weighted by Gasteiger charge is 2.38. The molecule has 0 aliphatic heterocycles. The first-order chi connectivity index (χ1) is 12.6. The Morgan fingerprint density at radius 1 is 0.929 bits per heavy atom. The maximum Gasteiger partial charge on any atom is 0.416 e. The molecule has 1 amide bonds. The number of hydrogen-bond acceptors (Lipinski definition) is 3. The van der Waals surface area contributed by atoms with Crippen molar-refractivity contribution in [3.05, 3.63) is 58.1 Å². The highest BCUT2D eigenvalue weighted by Crippen LogP contribution is 2.37. The summed E-state index contributed by atoms with van der Waals surface area (Å²) in [6, 6.07) is 2.92. The Kier molecular flexibility index (Phi) is 5.59. The second-order valence-electron chi connectivity index (χ2n) is 5.41. The smallest absolute Gasteiger partial charge is 0.366 e. The van der Waals surface area contributed by atoms with Crippen LogP contribution in [-0.2, 0) is 22.4 Å². The minimum Gasteiger partial charge on any atom is -0.366 e. The molecule has 0 saturated heterocycles. The van der Waals surface area contributed by atoms with Crippen molar-refractivity contribution < 1.29 is 39.6 Å². The number of nitrogens with two attached hydrogens (primary N) is 1. The summed E-state index contributed by atoms with van der Waals surface area (Å²) in [4.78, 5) is 9.83. The molecule has 3 N–H and O–H groups in total. The number of benzene rings is 2. The highest BCUT2D eigenvalue weighted by molar-refractivity contribution is 7.92. The predicted octanol–water partition coefficient (Wildman–Crippen LogP) is 4.28. The van der Waals surface area contributed by atoms with Gasteiger partial charge in [0.2, 0.25) is 5.91 Å². The molecule has 0 aliphatic rings. The Bertz CT molecular complexity index is 1000. The van der Waals surface area contributed by atoms with Gasteiger partial charge >= 0.3 is 12.4 Å². The molecule has 0 aromatic heterocycles. The van der Waals surface area contributed by atoms with Crippen LogP contribution in [0.1, 0.15) is 21.5 Å². The van der Waals surface area contributed by atoms with E-state index in [1.54, 1.807) is 4.72 Å². The van der Waals surface area contributed by atoms with Gasteiger partial charge in [0.15, 0.2) is 0 Å². The molecule has 0 spiro atoms. The van der Waals surface area contributed by atoms with Crippen LogP contribution in [0.4, 0.5) is 32.0 Å². The standard InChI is InChI=1S/C15H9ClF6N2O3S/c16-12-6-9(1-2-11(12)13(23)25)24-28(26,27)10-4-7(14(17,18)19)3-8(5-10)15(20,21)22/h1-6,24H,(H2,23,25). The summed E-state index contributed by atoms with van der Waals surface area (Å²) in [5.41, 5.74) is 0.980. The number of nitrogens with one attached hydrogen (secondary N) is 1. The molecule has 2 rings (SSSR count). The van der Waals surface area contributed by atoms with Crippen LogP contribution in [0.15, 0.2) is 41.3 Å². The fraction of sp³-hybridized carbons (Fsp3) is 0.133. The summed E-state index contributed by atoms with van der Waals surface area (Å²) in [5.74, 6) is -0.924. The van der Waals surface area contributed by atoms with E-state index in [-0.39, 0.29) is 34.5 Å². The molecule has 0 atom stereocenters. The molecule has 0 saturated carbocycles. The van der Waals surface area contributed by atoms with E-state index >= 15 is 0 Å². The molecule has 28 heavy (non-hydrogen) atoms. The zero-order valence-corrected chi connectivity index (χ0v) is 14.9. The maximum absolute atomic E-state index is 12.9. The van der Waals surface area contributed by atoms with Gasteiger partial charge in [0.1, 0.15) is 0 Å². The topological polar surface area (TPSA) is 89.3 Å². The van der Waals surface area contributed by atoms with Gasteiger partial charge in [-0.1, -0.05) is 11.6 Å². The largest absolute Gasteiger partial charge is 0.416 e. The van der Waals surface area contributed by atoms with E-state index in [4.69, 9.17) is 17.3 Å². The van der Waals surface area contributed by atoms with E-state index in [0.717, 1.165) is 18.2 Å². The monoisotopic (exact) mass is 446 g/mol. The quantitative estimate of drug-likeness (QED) is 0.687. The number of amides is 1. The lowest BCUT2D eigenvalue weighted by atomic mass is 10.1. The lowest BCUT2D eigenvalue weighted by Gasteiger charge is -2.15. The van der Waals surface area contributed by atoms with E-state index in [1.165, 1.54) is 0 Å². The number of sulfonamides is 1. The summed E-state index contributed by atoms with van der Waals surface area (Å²) in [7, 11) is -4.85. The number of hydrogen-bond donors (Lipinski definition) is 2. The molecule has 5 nitrogen and oxygen atoms in total. The van der Waals surface area contributed by atoms with Gasteiger partial charge in [-0.25, -0.2) is 8.42 Å². The number of carbonyl (C=O) groups is 1. The van der Waals surface area contributed by atoms with Crippen LogP contribution in [0, 0.1) is 0 Å². The molecule has 152 valence electrons. The number of alkyl halides is 6. The van der Waals surface area contributed by atoms with Crippen LogP contribution in [-0.4, -0.2) is 14.3 Å². The Hall–Kier alpha value is -2.47. The average molecular weight is 447 g/mol. The summed E-state index contributed by atoms with van der Waals surface area (Å²) in [6.07, 6.45) is -10.4. The van der Waals surface area contributed by atoms with Crippen LogP contribution in [0.2, 0.25) is 5.02 Å². The van der Waals surface area contributed by atoms with Crippen molar-refractivity contribution in [3.63, 3.8) is 0 Å². The third-order valence-corrected chi connectivity index (χ3v) is 5.03. The molecule has 0 aliphatic carbocycles. The van der Waals surface area contributed by atoms with Crippen LogP contribution < -0.4 is 10.5 Å². The van der Waals surface area contributed by atoms with Gasteiger partial charge in [-0.15, -0.1) is 0 Å². The molecule has 2 aromatic rings. The fourth-order valence-electron chi connectivity index (χ4n) is 2.07.